The van der Waals surface area contributed by atoms with Crippen LogP contribution >= 0.6 is 23.2 Å². The minimum absolute atomic E-state index is 0.0208. The molecule has 0 heterocycles. The van der Waals surface area contributed by atoms with Crippen LogP contribution in [0.25, 0.3) is 0 Å². The van der Waals surface area contributed by atoms with Crippen molar-refractivity contribution < 1.29 is 9.59 Å². The van der Waals surface area contributed by atoms with Crippen LogP contribution in [0.2, 0.25) is 0 Å². The highest BCUT2D eigenvalue weighted by Gasteiger charge is 2.10. The van der Waals surface area contributed by atoms with E-state index in [4.69, 9.17) is 23.2 Å². The molecule has 0 aromatic carbocycles. The Hall–Kier alpha value is -0.480. The number of carbonyl (C=O) groups is 2. The molecule has 0 atom stereocenters. The lowest BCUT2D eigenvalue weighted by molar-refractivity contribution is -0.122. The number of carbonyl (C=O) groups excluding carboxylic acids is 2. The average Bonchev–Trinajstić information content (AvgIpc) is 2.10. The van der Waals surface area contributed by atoms with Gasteiger partial charge in [0.25, 0.3) is 5.91 Å². The number of hydrogen-bond donors (Lipinski definition) is 2. The Bertz CT molecular complexity index is 220. The van der Waals surface area contributed by atoms with Crippen molar-refractivity contribution in [3.8, 4) is 0 Å². The Morgan fingerprint density at radius 2 is 1.67 bits per heavy atom. The summed E-state index contributed by atoms with van der Waals surface area (Å²) >= 11 is 10.6. The maximum absolute atomic E-state index is 11.2. The second-order valence-corrected chi connectivity index (χ2v) is 4.64. The molecule has 6 heteroatoms. The molecule has 0 aromatic rings. The molecule has 0 aliphatic heterocycles. The molecule has 2 N–H and O–H groups in total. The average molecular weight is 255 g/mol. The van der Waals surface area contributed by atoms with Crippen molar-refractivity contribution in [1.82, 2.24) is 10.6 Å². The van der Waals surface area contributed by atoms with E-state index in [0.29, 0.717) is 25.4 Å². The summed E-state index contributed by atoms with van der Waals surface area (Å²) in [7, 11) is 0. The molecule has 0 bridgehead atoms. The molecule has 2 amide bonds. The summed E-state index contributed by atoms with van der Waals surface area (Å²) in [5, 5.41) is 5.14. The van der Waals surface area contributed by atoms with E-state index in [0.717, 1.165) is 0 Å². The van der Waals surface area contributed by atoms with Gasteiger partial charge in [-0.25, -0.2) is 0 Å². The maximum Gasteiger partial charge on any atom is 0.253 e. The standard InChI is InChI=1S/C9H16Cl2N2O2/c1-6(2)5-7(14)12-3-4-13-9(15)8(10)11/h6,8H,3-5H2,1-2H3,(H,12,14)(H,13,15). The largest absolute Gasteiger partial charge is 0.354 e. The zero-order chi connectivity index (χ0) is 11.8. The highest BCUT2D eigenvalue weighted by atomic mass is 35.5. The second-order valence-electron chi connectivity index (χ2n) is 3.54. The molecule has 0 unspecified atom stereocenters. The number of amides is 2. The van der Waals surface area contributed by atoms with Crippen LogP contribution in [-0.2, 0) is 9.59 Å². The highest BCUT2D eigenvalue weighted by Crippen LogP contribution is 1.99. The van der Waals surface area contributed by atoms with Gasteiger partial charge in [0.1, 0.15) is 0 Å². The van der Waals surface area contributed by atoms with E-state index in [1.165, 1.54) is 0 Å². The van der Waals surface area contributed by atoms with Crippen molar-refractivity contribution in [2.24, 2.45) is 5.92 Å². The molecule has 0 aliphatic carbocycles. The molecule has 88 valence electrons. The molecule has 15 heavy (non-hydrogen) atoms. The minimum atomic E-state index is -1.06. The fourth-order valence-electron chi connectivity index (χ4n) is 0.908. The van der Waals surface area contributed by atoms with E-state index in [1.807, 2.05) is 13.8 Å². The summed E-state index contributed by atoms with van der Waals surface area (Å²) in [4.78, 5) is 21.0. The number of alkyl halides is 2. The fourth-order valence-corrected chi connectivity index (χ4v) is 1.06. The van der Waals surface area contributed by atoms with Crippen molar-refractivity contribution in [3.05, 3.63) is 0 Å². The topological polar surface area (TPSA) is 58.2 Å². The first kappa shape index (κ1) is 14.5. The smallest absolute Gasteiger partial charge is 0.253 e. The molecule has 0 aromatic heterocycles. The van der Waals surface area contributed by atoms with Gasteiger partial charge in [-0.05, 0) is 5.92 Å². The number of nitrogens with one attached hydrogen (secondary N) is 2. The van der Waals surface area contributed by atoms with Crippen LogP contribution in [0.4, 0.5) is 0 Å². The lowest BCUT2D eigenvalue weighted by Gasteiger charge is -2.08. The maximum atomic E-state index is 11.2. The Morgan fingerprint density at radius 3 is 2.13 bits per heavy atom. The minimum Gasteiger partial charge on any atom is -0.354 e. The summed E-state index contributed by atoms with van der Waals surface area (Å²) in [6, 6.07) is 0. The van der Waals surface area contributed by atoms with Crippen LogP contribution in [-0.4, -0.2) is 29.7 Å². The molecule has 0 rings (SSSR count). The van der Waals surface area contributed by atoms with E-state index in [2.05, 4.69) is 10.6 Å². The van der Waals surface area contributed by atoms with Crippen molar-refractivity contribution in [3.63, 3.8) is 0 Å². The van der Waals surface area contributed by atoms with E-state index in [9.17, 15) is 9.59 Å². The fraction of sp³-hybridized carbons (Fsp3) is 0.778. The van der Waals surface area contributed by atoms with Crippen LogP contribution in [0.5, 0.6) is 0 Å². The van der Waals surface area contributed by atoms with Gasteiger partial charge in [-0.3, -0.25) is 9.59 Å². The number of rotatable bonds is 6. The normalized spacial score (nSPS) is 10.5. The number of hydrogen-bond acceptors (Lipinski definition) is 2. The zero-order valence-electron chi connectivity index (χ0n) is 8.85. The van der Waals surface area contributed by atoms with Gasteiger partial charge < -0.3 is 10.6 Å². The predicted molar refractivity (Wildman–Crippen MR) is 61.0 cm³/mol. The first-order valence-electron chi connectivity index (χ1n) is 4.76. The van der Waals surface area contributed by atoms with Crippen LogP contribution in [0.15, 0.2) is 0 Å². The molecular formula is C9H16Cl2N2O2. The highest BCUT2D eigenvalue weighted by molar-refractivity contribution is 6.53. The van der Waals surface area contributed by atoms with Gasteiger partial charge in [0.05, 0.1) is 0 Å². The van der Waals surface area contributed by atoms with Crippen LogP contribution in [0, 0.1) is 5.92 Å². The molecule has 0 saturated heterocycles. The van der Waals surface area contributed by atoms with Crippen molar-refractivity contribution in [2.45, 2.75) is 25.1 Å². The van der Waals surface area contributed by atoms with Gasteiger partial charge in [-0.15, -0.1) is 0 Å². The molecule has 0 radical (unpaired) electrons. The molecule has 0 aliphatic rings. The summed E-state index contributed by atoms with van der Waals surface area (Å²) in [5.74, 6) is -0.140. The first-order valence-corrected chi connectivity index (χ1v) is 5.63. The summed E-state index contributed by atoms with van der Waals surface area (Å²) in [6.07, 6.45) is 0.488. The Morgan fingerprint density at radius 1 is 1.13 bits per heavy atom. The molecule has 0 fully saturated rings. The van der Waals surface area contributed by atoms with Crippen LogP contribution < -0.4 is 10.6 Å². The van der Waals surface area contributed by atoms with E-state index < -0.39 is 10.7 Å². The second kappa shape index (κ2) is 7.77. The van der Waals surface area contributed by atoms with Gasteiger partial charge in [0.15, 0.2) is 4.84 Å². The molecule has 0 spiro atoms. The quantitative estimate of drug-likeness (QED) is 0.551. The Balaban J connectivity index is 3.46. The van der Waals surface area contributed by atoms with Crippen molar-refractivity contribution in [1.29, 1.82) is 0 Å². The van der Waals surface area contributed by atoms with E-state index in [1.54, 1.807) is 0 Å². The van der Waals surface area contributed by atoms with Gasteiger partial charge >= 0.3 is 0 Å². The first-order chi connectivity index (χ1) is 6.93. The van der Waals surface area contributed by atoms with E-state index >= 15 is 0 Å². The summed E-state index contributed by atoms with van der Waals surface area (Å²) < 4.78 is 0. The third kappa shape index (κ3) is 8.51. The van der Waals surface area contributed by atoms with Crippen LogP contribution in [0.3, 0.4) is 0 Å². The Labute approximate surface area is 99.7 Å². The van der Waals surface area contributed by atoms with Gasteiger partial charge in [0.2, 0.25) is 5.91 Å². The van der Waals surface area contributed by atoms with Crippen LogP contribution in [0.1, 0.15) is 20.3 Å². The predicted octanol–water partition coefficient (Wildman–Crippen LogP) is 1.07. The van der Waals surface area contributed by atoms with Crippen molar-refractivity contribution in [2.75, 3.05) is 13.1 Å². The monoisotopic (exact) mass is 254 g/mol. The zero-order valence-corrected chi connectivity index (χ0v) is 10.4. The van der Waals surface area contributed by atoms with Gasteiger partial charge in [-0.2, -0.15) is 0 Å². The van der Waals surface area contributed by atoms with Gasteiger partial charge in [0, 0.05) is 19.5 Å². The summed E-state index contributed by atoms with van der Waals surface area (Å²) in [6.45, 7) is 4.65. The third-order valence-corrected chi connectivity index (χ3v) is 1.93. The lowest BCUT2D eigenvalue weighted by Crippen LogP contribution is -2.37. The molecular weight excluding hydrogens is 239 g/mol. The summed E-state index contributed by atoms with van der Waals surface area (Å²) in [5.41, 5.74) is 0. The third-order valence-electron chi connectivity index (χ3n) is 1.54. The van der Waals surface area contributed by atoms with Gasteiger partial charge in [-0.1, -0.05) is 37.0 Å². The Kier molecular flexibility index (Phi) is 7.52. The lowest BCUT2D eigenvalue weighted by atomic mass is 10.1. The van der Waals surface area contributed by atoms with Crippen molar-refractivity contribution >= 4 is 35.0 Å². The molecule has 4 nitrogen and oxygen atoms in total. The van der Waals surface area contributed by atoms with E-state index in [-0.39, 0.29) is 5.91 Å². The molecule has 0 saturated carbocycles. The number of halogens is 2. The SMILES string of the molecule is CC(C)CC(=O)NCCNC(=O)C(Cl)Cl.